The molecule has 7 heteroatoms. The highest BCUT2D eigenvalue weighted by molar-refractivity contribution is 7.71. The van der Waals surface area contributed by atoms with Crippen molar-refractivity contribution in [1.82, 2.24) is 19.7 Å². The van der Waals surface area contributed by atoms with Gasteiger partial charge < -0.3 is 4.74 Å². The van der Waals surface area contributed by atoms with Crippen LogP contribution in [0, 0.1) is 11.7 Å². The Labute approximate surface area is 108 Å². The van der Waals surface area contributed by atoms with Gasteiger partial charge in [0.2, 0.25) is 0 Å². The lowest BCUT2D eigenvalue weighted by Gasteiger charge is -2.00. The van der Waals surface area contributed by atoms with Gasteiger partial charge in [-0.05, 0) is 26.1 Å². The zero-order valence-corrected chi connectivity index (χ0v) is 11.6. The predicted molar refractivity (Wildman–Crippen MR) is 69.6 cm³/mol. The Balaban J connectivity index is 2.48. The molecule has 0 radical (unpaired) electrons. The molecule has 5 nitrogen and oxygen atoms in total. The van der Waals surface area contributed by atoms with Crippen molar-refractivity contribution in [2.75, 3.05) is 7.11 Å². The van der Waals surface area contributed by atoms with E-state index in [0.29, 0.717) is 11.4 Å². The summed E-state index contributed by atoms with van der Waals surface area (Å²) in [7, 11) is 1.67. The number of aryl methyl sites for hydroxylation is 1. The number of rotatable bonds is 4. The Hall–Kier alpha value is -1.05. The average Bonchev–Trinajstić information content (AvgIpc) is 2.82. The number of methoxy groups -OCH3 is 1. The molecule has 17 heavy (non-hydrogen) atoms. The molecular weight excluding hydrogens is 256 g/mol. The maximum atomic E-state index is 5.18. The molecule has 0 fully saturated rings. The molecular formula is C10H14N4OS2. The lowest BCUT2D eigenvalue weighted by atomic mass is 10.4. The Morgan fingerprint density at radius 2 is 2.29 bits per heavy atom. The van der Waals surface area contributed by atoms with E-state index in [-0.39, 0.29) is 0 Å². The molecule has 0 amide bonds. The zero-order valence-electron chi connectivity index (χ0n) is 9.98. The van der Waals surface area contributed by atoms with Crippen LogP contribution < -0.4 is 0 Å². The fraction of sp³-hybridized carbons (Fsp3) is 0.500. The highest BCUT2D eigenvalue weighted by atomic mass is 32.1. The highest BCUT2D eigenvalue weighted by Crippen LogP contribution is 2.28. The summed E-state index contributed by atoms with van der Waals surface area (Å²) in [5.41, 5.74) is 0.964. The van der Waals surface area contributed by atoms with Crippen LogP contribution in [-0.2, 0) is 17.9 Å². The second-order valence-corrected chi connectivity index (χ2v) is 5.02. The molecule has 0 bridgehead atoms. The van der Waals surface area contributed by atoms with E-state index < -0.39 is 0 Å². The largest absolute Gasteiger partial charge is 0.378 e. The minimum atomic E-state index is 0.531. The lowest BCUT2D eigenvalue weighted by molar-refractivity contribution is 0.184. The predicted octanol–water partition coefficient (Wildman–Crippen LogP) is 2.54. The van der Waals surface area contributed by atoms with Gasteiger partial charge >= 0.3 is 0 Å². The minimum absolute atomic E-state index is 0.531. The van der Waals surface area contributed by atoms with Crippen LogP contribution in [0.1, 0.15) is 17.6 Å². The Morgan fingerprint density at radius 1 is 1.53 bits per heavy atom. The number of aromatic amines is 1. The summed E-state index contributed by atoms with van der Waals surface area (Å²) in [4.78, 5) is 5.50. The van der Waals surface area contributed by atoms with Gasteiger partial charge in [0.15, 0.2) is 10.6 Å². The molecule has 92 valence electrons. The summed E-state index contributed by atoms with van der Waals surface area (Å²) in [6.45, 7) is 5.34. The molecule has 2 aromatic heterocycles. The van der Waals surface area contributed by atoms with Gasteiger partial charge in [-0.3, -0.25) is 9.67 Å². The molecule has 1 N–H and O–H groups in total. The Morgan fingerprint density at radius 3 is 2.94 bits per heavy atom. The normalized spacial score (nSPS) is 11.0. The van der Waals surface area contributed by atoms with Crippen molar-refractivity contribution in [2.45, 2.75) is 27.0 Å². The monoisotopic (exact) mass is 270 g/mol. The lowest BCUT2D eigenvalue weighted by Crippen LogP contribution is -1.97. The number of nitrogens with one attached hydrogen (secondary N) is 1. The first kappa shape index (κ1) is 12.4. The number of ether oxygens (including phenoxy) is 1. The third kappa shape index (κ3) is 2.31. The van der Waals surface area contributed by atoms with Crippen LogP contribution in [0.2, 0.25) is 0 Å². The van der Waals surface area contributed by atoms with Gasteiger partial charge in [-0.1, -0.05) is 0 Å². The van der Waals surface area contributed by atoms with Gasteiger partial charge in [0.05, 0.1) is 17.2 Å². The Kier molecular flexibility index (Phi) is 3.70. The first-order valence-corrected chi connectivity index (χ1v) is 6.50. The first-order valence-electron chi connectivity index (χ1n) is 5.28. The number of nitrogens with zero attached hydrogens (tertiary/aromatic N) is 3. The molecule has 0 unspecified atom stereocenters. The van der Waals surface area contributed by atoms with Crippen LogP contribution in [0.5, 0.6) is 0 Å². The fourth-order valence-corrected chi connectivity index (χ4v) is 2.93. The van der Waals surface area contributed by atoms with E-state index in [1.165, 1.54) is 0 Å². The number of hydrogen-bond donors (Lipinski definition) is 1. The van der Waals surface area contributed by atoms with Crippen molar-refractivity contribution in [1.29, 1.82) is 0 Å². The zero-order chi connectivity index (χ0) is 12.4. The summed E-state index contributed by atoms with van der Waals surface area (Å²) >= 11 is 6.77. The van der Waals surface area contributed by atoms with E-state index >= 15 is 0 Å². The van der Waals surface area contributed by atoms with Crippen molar-refractivity contribution >= 4 is 23.6 Å². The summed E-state index contributed by atoms with van der Waals surface area (Å²) in [5, 5.41) is 8.04. The number of aromatic nitrogens is 4. The topological polar surface area (TPSA) is 55.7 Å². The second-order valence-electron chi connectivity index (χ2n) is 3.55. The van der Waals surface area contributed by atoms with Crippen LogP contribution in [0.25, 0.3) is 10.7 Å². The van der Waals surface area contributed by atoms with E-state index in [9.17, 15) is 0 Å². The van der Waals surface area contributed by atoms with Gasteiger partial charge in [0, 0.05) is 13.7 Å². The van der Waals surface area contributed by atoms with Gasteiger partial charge in [0.25, 0.3) is 0 Å². The molecule has 2 aromatic rings. The quantitative estimate of drug-likeness (QED) is 0.867. The molecule has 0 saturated carbocycles. The van der Waals surface area contributed by atoms with Crippen molar-refractivity contribution in [3.05, 3.63) is 15.5 Å². The van der Waals surface area contributed by atoms with Crippen LogP contribution in [-0.4, -0.2) is 26.9 Å². The molecule has 0 atom stereocenters. The van der Waals surface area contributed by atoms with Crippen LogP contribution >= 0.6 is 23.6 Å². The molecule has 0 aliphatic rings. The molecule has 0 saturated heterocycles. The van der Waals surface area contributed by atoms with Crippen LogP contribution in [0.3, 0.4) is 0 Å². The van der Waals surface area contributed by atoms with E-state index in [1.54, 1.807) is 18.4 Å². The number of thiazole rings is 1. The fourth-order valence-electron chi connectivity index (χ4n) is 1.63. The van der Waals surface area contributed by atoms with Gasteiger partial charge in [-0.25, -0.2) is 4.98 Å². The molecule has 2 heterocycles. The third-order valence-corrected chi connectivity index (χ3v) is 3.82. The minimum Gasteiger partial charge on any atom is -0.378 e. The van der Waals surface area contributed by atoms with E-state index in [0.717, 1.165) is 27.9 Å². The Bertz CT molecular complexity index is 569. The second kappa shape index (κ2) is 5.07. The third-order valence-electron chi connectivity index (χ3n) is 2.39. The van der Waals surface area contributed by atoms with Gasteiger partial charge in [-0.2, -0.15) is 5.10 Å². The highest BCUT2D eigenvalue weighted by Gasteiger charge is 2.15. The first-order chi connectivity index (χ1) is 8.17. The summed E-state index contributed by atoms with van der Waals surface area (Å²) in [6.07, 6.45) is 0. The van der Waals surface area contributed by atoms with E-state index in [2.05, 4.69) is 15.2 Å². The number of H-pyrrole nitrogens is 1. The molecule has 0 spiro atoms. The number of hydrogen-bond acceptors (Lipinski definition) is 5. The summed E-state index contributed by atoms with van der Waals surface area (Å²) < 4.78 is 7.69. The van der Waals surface area contributed by atoms with Crippen molar-refractivity contribution in [3.8, 4) is 10.7 Å². The van der Waals surface area contributed by atoms with Crippen LogP contribution in [0.4, 0.5) is 0 Å². The summed E-state index contributed by atoms with van der Waals surface area (Å²) in [6, 6.07) is 0. The van der Waals surface area contributed by atoms with E-state index in [1.807, 2.05) is 18.4 Å². The average molecular weight is 270 g/mol. The smallest absolute Gasteiger partial charge is 0.195 e. The van der Waals surface area contributed by atoms with Gasteiger partial charge in [0.1, 0.15) is 5.01 Å². The van der Waals surface area contributed by atoms with Gasteiger partial charge in [-0.15, -0.1) is 11.3 Å². The SMILES string of the molecule is CCn1c(-c2sc(COC)nc2C)n[nH]c1=S. The molecule has 0 aromatic carbocycles. The van der Waals surface area contributed by atoms with Crippen molar-refractivity contribution in [2.24, 2.45) is 0 Å². The van der Waals surface area contributed by atoms with Crippen molar-refractivity contribution < 1.29 is 4.74 Å². The molecule has 0 aliphatic carbocycles. The maximum absolute atomic E-state index is 5.18. The maximum Gasteiger partial charge on any atom is 0.195 e. The summed E-state index contributed by atoms with van der Waals surface area (Å²) in [5.74, 6) is 0.856. The van der Waals surface area contributed by atoms with Crippen LogP contribution in [0.15, 0.2) is 0 Å². The molecule has 0 aliphatic heterocycles. The van der Waals surface area contributed by atoms with E-state index in [4.69, 9.17) is 17.0 Å². The van der Waals surface area contributed by atoms with Crippen molar-refractivity contribution in [3.63, 3.8) is 0 Å². The molecule has 2 rings (SSSR count). The standard InChI is InChI=1S/C10H14N4OS2/c1-4-14-9(12-13-10(14)16)8-6(2)11-7(17-8)5-15-3/h4-5H2,1-3H3,(H,13,16).